The van der Waals surface area contributed by atoms with Crippen molar-refractivity contribution in [3.05, 3.63) is 120 Å². The number of aliphatic hydroxyl groups excluding tert-OH is 2. The van der Waals surface area contributed by atoms with Crippen molar-refractivity contribution < 1.29 is 23.4 Å². The zero-order valence-electron chi connectivity index (χ0n) is 31.3. The van der Waals surface area contributed by atoms with Gasteiger partial charge in [0.1, 0.15) is 12.2 Å². The molecule has 16 nitrogen and oxygen atoms in total. The van der Waals surface area contributed by atoms with Gasteiger partial charge in [0.15, 0.2) is 17.0 Å². The standard InChI is InChI=1S/C40H45N11O5S/c1-2-25-20-44-51(22-25)33-19-32(35(52)36(33)53)50-24-43-34-37(42-21-31(26-9-5-3-6-10-26)27-11-7-4-8-12-27)47-39(48-38(34)50)49-18-17-29(23-49)46-40(54)45-28-13-15-30(16-14-28)57(41,55)56/h3-16,20,22,24,29,31-33,35-36,52-53H,2,17-19,21,23H2,1H3,(H2,41,55,56)(H,42,47,48)(H2,45,46,54)/t29?,32-,33+,35?,36-/m1/s1. The predicted octanol–water partition coefficient (Wildman–Crippen LogP) is 3.78. The number of fused-ring (bicyclic) bond motifs is 1. The number of anilines is 3. The maximum atomic E-state index is 13.0. The second-order valence-electron chi connectivity index (χ2n) is 14.6. The van der Waals surface area contributed by atoms with Crippen LogP contribution in [-0.4, -0.2) is 91.8 Å². The van der Waals surface area contributed by atoms with E-state index in [1.165, 1.54) is 24.3 Å². The number of hydrogen-bond acceptors (Lipinski definition) is 11. The number of hydrogen-bond donors (Lipinski definition) is 6. The molecule has 3 aromatic carbocycles. The van der Waals surface area contributed by atoms with E-state index in [4.69, 9.17) is 20.1 Å². The molecule has 2 fully saturated rings. The number of aliphatic hydroxyl groups is 2. The third-order valence-electron chi connectivity index (χ3n) is 10.9. The van der Waals surface area contributed by atoms with Crippen molar-refractivity contribution >= 4 is 44.7 Å². The van der Waals surface area contributed by atoms with Gasteiger partial charge in [-0.05, 0) is 60.2 Å². The first-order chi connectivity index (χ1) is 27.6. The molecule has 2 unspecified atom stereocenters. The van der Waals surface area contributed by atoms with E-state index < -0.39 is 40.3 Å². The fraction of sp³-hybridized carbons (Fsp3) is 0.325. The van der Waals surface area contributed by atoms with E-state index in [0.717, 1.165) is 23.1 Å². The van der Waals surface area contributed by atoms with E-state index in [9.17, 15) is 23.4 Å². The number of aromatic nitrogens is 6. The summed E-state index contributed by atoms with van der Waals surface area (Å²) < 4.78 is 26.8. The number of benzene rings is 3. The Labute approximate surface area is 329 Å². The molecule has 0 bridgehead atoms. The predicted molar refractivity (Wildman–Crippen MR) is 215 cm³/mol. The summed E-state index contributed by atoms with van der Waals surface area (Å²) in [5.41, 5.74) is 4.76. The first kappa shape index (κ1) is 38.0. The van der Waals surface area contributed by atoms with Crippen molar-refractivity contribution in [3.8, 4) is 0 Å². The molecule has 57 heavy (non-hydrogen) atoms. The van der Waals surface area contributed by atoms with Gasteiger partial charge in [-0.1, -0.05) is 67.6 Å². The highest BCUT2D eigenvalue weighted by molar-refractivity contribution is 7.89. The molecule has 8 rings (SSSR count). The molecule has 2 aliphatic rings. The highest BCUT2D eigenvalue weighted by Crippen LogP contribution is 2.40. The molecule has 1 aliphatic carbocycles. The zero-order valence-corrected chi connectivity index (χ0v) is 32.1. The number of nitrogens with two attached hydrogens (primary N) is 1. The number of carbonyl (C=O) groups is 1. The van der Waals surface area contributed by atoms with E-state index in [1.54, 1.807) is 17.2 Å². The third kappa shape index (κ3) is 8.04. The Kier molecular flexibility index (Phi) is 10.6. The summed E-state index contributed by atoms with van der Waals surface area (Å²) in [6, 6.07) is 24.4. The number of carbonyl (C=O) groups excluding carboxylic acids is 1. The van der Waals surface area contributed by atoms with E-state index >= 15 is 0 Å². The molecule has 0 radical (unpaired) electrons. The van der Waals surface area contributed by atoms with Gasteiger partial charge in [-0.15, -0.1) is 0 Å². The fourth-order valence-electron chi connectivity index (χ4n) is 7.82. The average molecular weight is 792 g/mol. The topological polar surface area (TPSA) is 218 Å². The van der Waals surface area contributed by atoms with Crippen molar-refractivity contribution in [1.82, 2.24) is 34.6 Å². The summed E-state index contributed by atoms with van der Waals surface area (Å²) in [6.45, 7) is 3.51. The second kappa shape index (κ2) is 15.9. The van der Waals surface area contributed by atoms with Crippen LogP contribution in [-0.2, 0) is 16.4 Å². The number of rotatable bonds is 12. The van der Waals surface area contributed by atoms with Crippen LogP contribution >= 0.6 is 0 Å². The lowest BCUT2D eigenvalue weighted by Gasteiger charge is -2.22. The van der Waals surface area contributed by atoms with Gasteiger partial charge in [-0.3, -0.25) is 4.68 Å². The fourth-order valence-corrected chi connectivity index (χ4v) is 8.33. The second-order valence-corrected chi connectivity index (χ2v) is 16.1. The minimum atomic E-state index is -3.86. The number of imidazole rings is 1. The van der Waals surface area contributed by atoms with Gasteiger partial charge in [0, 0.05) is 43.5 Å². The van der Waals surface area contributed by atoms with Crippen molar-refractivity contribution in [2.75, 3.05) is 35.2 Å². The van der Waals surface area contributed by atoms with E-state index in [2.05, 4.69) is 45.3 Å². The van der Waals surface area contributed by atoms with Crippen LogP contribution in [0.5, 0.6) is 0 Å². The van der Waals surface area contributed by atoms with Crippen LogP contribution in [0.25, 0.3) is 11.2 Å². The van der Waals surface area contributed by atoms with Crippen LogP contribution in [0, 0.1) is 0 Å². The van der Waals surface area contributed by atoms with Gasteiger partial charge < -0.3 is 35.6 Å². The summed E-state index contributed by atoms with van der Waals surface area (Å²) in [7, 11) is -3.86. The van der Waals surface area contributed by atoms with Crippen LogP contribution < -0.4 is 26.0 Å². The largest absolute Gasteiger partial charge is 0.388 e. The van der Waals surface area contributed by atoms with E-state index in [0.29, 0.717) is 61.1 Å². The van der Waals surface area contributed by atoms with Gasteiger partial charge in [0.25, 0.3) is 0 Å². The summed E-state index contributed by atoms with van der Waals surface area (Å²) in [6.07, 6.45) is 5.01. The summed E-state index contributed by atoms with van der Waals surface area (Å²) in [5.74, 6) is 0.939. The van der Waals surface area contributed by atoms with Crippen LogP contribution in [0.1, 0.15) is 54.5 Å². The molecule has 6 aromatic rings. The molecule has 1 saturated carbocycles. The maximum absolute atomic E-state index is 13.0. The Morgan fingerprint density at radius 3 is 2.28 bits per heavy atom. The number of urea groups is 1. The Morgan fingerprint density at radius 2 is 1.63 bits per heavy atom. The van der Waals surface area contributed by atoms with Crippen molar-refractivity contribution in [3.63, 3.8) is 0 Å². The van der Waals surface area contributed by atoms with Gasteiger partial charge in [-0.2, -0.15) is 15.1 Å². The van der Waals surface area contributed by atoms with Crippen LogP contribution in [0.4, 0.5) is 22.2 Å². The molecule has 7 N–H and O–H groups in total. The SMILES string of the molecule is CCc1cnn([C@H]2C[C@@H](n3cnc4c(NCC(c5ccccc5)c5ccccc5)nc(N5CCC(NC(=O)Nc6ccc(S(N)(=O)=O)cc6)C5)nc43)C(O)[C@@H]2O)c1. The number of sulfonamides is 1. The van der Waals surface area contributed by atoms with Crippen LogP contribution in [0.15, 0.2) is 109 Å². The van der Waals surface area contributed by atoms with Gasteiger partial charge in [0.05, 0.1) is 29.5 Å². The van der Waals surface area contributed by atoms with Gasteiger partial charge >= 0.3 is 6.03 Å². The minimum absolute atomic E-state index is 0.00705. The highest BCUT2D eigenvalue weighted by atomic mass is 32.2. The van der Waals surface area contributed by atoms with Crippen LogP contribution in [0.3, 0.4) is 0 Å². The number of amides is 2. The minimum Gasteiger partial charge on any atom is -0.388 e. The Morgan fingerprint density at radius 1 is 0.947 bits per heavy atom. The molecule has 1 saturated heterocycles. The van der Waals surface area contributed by atoms with Crippen molar-refractivity contribution in [2.45, 2.75) is 67.3 Å². The van der Waals surface area contributed by atoms with E-state index in [-0.39, 0.29) is 16.9 Å². The van der Waals surface area contributed by atoms with Crippen LogP contribution in [0.2, 0.25) is 0 Å². The normalized spacial score (nSPS) is 21.0. The number of nitrogens with one attached hydrogen (secondary N) is 3. The highest BCUT2D eigenvalue weighted by Gasteiger charge is 2.44. The summed E-state index contributed by atoms with van der Waals surface area (Å²) >= 11 is 0. The number of primary sulfonamides is 1. The summed E-state index contributed by atoms with van der Waals surface area (Å²) in [4.78, 5) is 29.7. The molecular formula is C40H45N11O5S. The Bertz CT molecular complexity index is 2410. The van der Waals surface area contributed by atoms with Crippen molar-refractivity contribution in [1.29, 1.82) is 0 Å². The Hall–Kier alpha value is -5.88. The Balaban J connectivity index is 1.07. The molecule has 4 heterocycles. The molecule has 17 heteroatoms. The zero-order chi connectivity index (χ0) is 39.7. The lowest BCUT2D eigenvalue weighted by atomic mass is 9.91. The monoisotopic (exact) mass is 791 g/mol. The lowest BCUT2D eigenvalue weighted by Crippen LogP contribution is -2.40. The molecule has 1 aliphatic heterocycles. The van der Waals surface area contributed by atoms with Gasteiger partial charge in [0.2, 0.25) is 16.0 Å². The number of nitrogens with zero attached hydrogens (tertiary/aromatic N) is 7. The van der Waals surface area contributed by atoms with Gasteiger partial charge in [-0.25, -0.2) is 23.3 Å². The third-order valence-corrected chi connectivity index (χ3v) is 11.8. The molecule has 296 valence electrons. The molecule has 5 atom stereocenters. The molecule has 2 amide bonds. The average Bonchev–Trinajstić information content (AvgIpc) is 4.03. The maximum Gasteiger partial charge on any atom is 0.319 e. The number of aryl methyl sites for hydroxylation is 1. The molecule has 3 aromatic heterocycles. The lowest BCUT2D eigenvalue weighted by molar-refractivity contribution is 0.00721. The van der Waals surface area contributed by atoms with Crippen molar-refractivity contribution in [2.24, 2.45) is 5.14 Å². The molecular weight excluding hydrogens is 747 g/mol. The summed E-state index contributed by atoms with van der Waals surface area (Å²) in [5, 5.41) is 41.7. The molecule has 0 spiro atoms. The van der Waals surface area contributed by atoms with E-state index in [1.807, 2.05) is 59.0 Å². The smallest absolute Gasteiger partial charge is 0.319 e. The first-order valence-electron chi connectivity index (χ1n) is 19.0. The quantitative estimate of drug-likeness (QED) is 0.105. The first-order valence-corrected chi connectivity index (χ1v) is 20.5.